The highest BCUT2D eigenvalue weighted by Crippen LogP contribution is 2.25. The number of nitrogens with one attached hydrogen (secondary N) is 1. The molecule has 1 heterocycles. The lowest BCUT2D eigenvalue weighted by Crippen LogP contribution is -2.44. The number of pyridine rings is 1. The van der Waals surface area contributed by atoms with Crippen molar-refractivity contribution in [3.05, 3.63) is 27.9 Å². The molecule has 1 aromatic rings. The molecular weight excluding hydrogens is 260 g/mol. The number of carbonyl (C=O) groups is 1. The third-order valence-corrected chi connectivity index (χ3v) is 3.64. The summed E-state index contributed by atoms with van der Waals surface area (Å²) in [7, 11) is 3.29. The smallest absolute Gasteiger partial charge is 0.300 e. The first-order chi connectivity index (χ1) is 9.24. The van der Waals surface area contributed by atoms with Gasteiger partial charge in [0.1, 0.15) is 17.6 Å². The predicted molar refractivity (Wildman–Crippen MR) is 76.9 cm³/mol. The number of nitro groups is 1. The summed E-state index contributed by atoms with van der Waals surface area (Å²) in [6, 6.07) is 1.41. The lowest BCUT2D eigenvalue weighted by atomic mass is 9.99. The summed E-state index contributed by atoms with van der Waals surface area (Å²) in [5.74, 6) is 0.0316. The SMILES string of the molecule is CCC(C)(C)N(C)C(=O)c1cc(NC)ncc1[N+](=O)[O-]. The molecule has 7 heteroatoms. The van der Waals surface area contributed by atoms with E-state index in [-0.39, 0.29) is 22.7 Å². The average Bonchev–Trinajstić information content (AvgIpc) is 2.44. The van der Waals surface area contributed by atoms with Crippen LogP contribution in [0.15, 0.2) is 12.3 Å². The second-order valence-electron chi connectivity index (χ2n) is 5.12. The molecule has 110 valence electrons. The Hall–Kier alpha value is -2.18. The topological polar surface area (TPSA) is 88.4 Å². The third kappa shape index (κ3) is 3.04. The van der Waals surface area contributed by atoms with Crippen molar-refractivity contribution in [2.75, 3.05) is 19.4 Å². The first-order valence-corrected chi connectivity index (χ1v) is 6.35. The molecule has 0 atom stereocenters. The average molecular weight is 280 g/mol. The number of hydrogen-bond acceptors (Lipinski definition) is 5. The maximum atomic E-state index is 12.5. The van der Waals surface area contributed by atoms with Crippen molar-refractivity contribution < 1.29 is 9.72 Å². The van der Waals surface area contributed by atoms with Crippen molar-refractivity contribution in [2.45, 2.75) is 32.7 Å². The Morgan fingerprint density at radius 1 is 1.55 bits per heavy atom. The molecule has 0 radical (unpaired) electrons. The lowest BCUT2D eigenvalue weighted by Gasteiger charge is -2.34. The summed E-state index contributed by atoms with van der Waals surface area (Å²) in [6.45, 7) is 5.79. The molecule has 1 aromatic heterocycles. The number of rotatable bonds is 5. The van der Waals surface area contributed by atoms with Crippen molar-refractivity contribution in [2.24, 2.45) is 0 Å². The maximum absolute atomic E-state index is 12.5. The Morgan fingerprint density at radius 2 is 2.15 bits per heavy atom. The lowest BCUT2D eigenvalue weighted by molar-refractivity contribution is -0.385. The molecule has 1 rings (SSSR count). The van der Waals surface area contributed by atoms with Gasteiger partial charge in [-0.2, -0.15) is 0 Å². The van der Waals surface area contributed by atoms with Gasteiger partial charge < -0.3 is 10.2 Å². The number of nitrogens with zero attached hydrogens (tertiary/aromatic N) is 3. The van der Waals surface area contributed by atoms with Crippen LogP contribution in [0.2, 0.25) is 0 Å². The molecule has 0 aliphatic carbocycles. The molecule has 1 N–H and O–H groups in total. The van der Waals surface area contributed by atoms with E-state index in [1.165, 1.54) is 11.0 Å². The number of amides is 1. The zero-order valence-electron chi connectivity index (χ0n) is 12.4. The fourth-order valence-corrected chi connectivity index (χ4v) is 1.59. The fourth-order valence-electron chi connectivity index (χ4n) is 1.59. The maximum Gasteiger partial charge on any atom is 0.300 e. The van der Waals surface area contributed by atoms with E-state index in [4.69, 9.17) is 0 Å². The monoisotopic (exact) mass is 280 g/mol. The van der Waals surface area contributed by atoms with E-state index < -0.39 is 4.92 Å². The van der Waals surface area contributed by atoms with Crippen LogP contribution in [0.5, 0.6) is 0 Å². The molecule has 0 spiro atoms. The Morgan fingerprint density at radius 3 is 2.60 bits per heavy atom. The van der Waals surface area contributed by atoms with Gasteiger partial charge in [0.2, 0.25) is 0 Å². The van der Waals surface area contributed by atoms with E-state index in [9.17, 15) is 14.9 Å². The highest BCUT2D eigenvalue weighted by Gasteiger charge is 2.31. The van der Waals surface area contributed by atoms with Crippen LogP contribution in [0.1, 0.15) is 37.6 Å². The molecule has 0 saturated carbocycles. The summed E-state index contributed by atoms with van der Waals surface area (Å²) in [6.07, 6.45) is 1.85. The minimum absolute atomic E-state index is 0.0402. The molecule has 0 aliphatic heterocycles. The quantitative estimate of drug-likeness (QED) is 0.660. The van der Waals surface area contributed by atoms with Gasteiger partial charge in [-0.3, -0.25) is 14.9 Å². The van der Waals surface area contributed by atoms with E-state index in [1.807, 2.05) is 20.8 Å². The molecule has 0 bridgehead atoms. The van der Waals surface area contributed by atoms with E-state index in [0.717, 1.165) is 12.6 Å². The van der Waals surface area contributed by atoms with Crippen molar-refractivity contribution in [3.63, 3.8) is 0 Å². The zero-order valence-corrected chi connectivity index (χ0v) is 12.4. The highest BCUT2D eigenvalue weighted by atomic mass is 16.6. The largest absolute Gasteiger partial charge is 0.373 e. The van der Waals surface area contributed by atoms with Crippen LogP contribution in [0, 0.1) is 10.1 Å². The number of hydrogen-bond donors (Lipinski definition) is 1. The first-order valence-electron chi connectivity index (χ1n) is 6.35. The van der Waals surface area contributed by atoms with Crippen molar-refractivity contribution in [3.8, 4) is 0 Å². The van der Waals surface area contributed by atoms with E-state index in [1.54, 1.807) is 14.1 Å². The molecule has 0 aromatic carbocycles. The zero-order chi connectivity index (χ0) is 15.5. The molecular formula is C13H20N4O3. The van der Waals surface area contributed by atoms with Crippen LogP contribution in [-0.2, 0) is 0 Å². The summed E-state index contributed by atoms with van der Waals surface area (Å²) >= 11 is 0. The number of carbonyl (C=O) groups excluding carboxylic acids is 1. The first kappa shape index (κ1) is 15.9. The van der Waals surface area contributed by atoms with Gasteiger partial charge in [0, 0.05) is 25.7 Å². The second-order valence-corrected chi connectivity index (χ2v) is 5.12. The van der Waals surface area contributed by atoms with Gasteiger partial charge in [0.15, 0.2) is 0 Å². The number of aromatic nitrogens is 1. The summed E-state index contributed by atoms with van der Waals surface area (Å²) < 4.78 is 0. The van der Waals surface area contributed by atoms with E-state index in [2.05, 4.69) is 10.3 Å². The molecule has 0 aliphatic rings. The summed E-state index contributed by atoms with van der Waals surface area (Å²) in [5.41, 5.74) is -0.625. The molecule has 0 unspecified atom stereocenters. The van der Waals surface area contributed by atoms with Crippen LogP contribution < -0.4 is 5.32 Å². The predicted octanol–water partition coefficient (Wildman–Crippen LogP) is 2.29. The normalized spacial score (nSPS) is 11.1. The molecule has 0 fully saturated rings. The number of anilines is 1. The molecule has 7 nitrogen and oxygen atoms in total. The van der Waals surface area contributed by atoms with Gasteiger partial charge in [-0.15, -0.1) is 0 Å². The van der Waals surface area contributed by atoms with E-state index in [0.29, 0.717) is 5.82 Å². The Bertz CT molecular complexity index is 528. The Balaban J connectivity index is 3.29. The Labute approximate surface area is 118 Å². The molecule has 0 saturated heterocycles. The van der Waals surface area contributed by atoms with Crippen molar-refractivity contribution in [1.82, 2.24) is 9.88 Å². The minimum atomic E-state index is -0.591. The van der Waals surface area contributed by atoms with Gasteiger partial charge in [-0.1, -0.05) is 6.92 Å². The standard InChI is InChI=1S/C13H20N4O3/c1-6-13(2,3)16(5)12(18)9-7-11(14-4)15-8-10(9)17(19)20/h7-8H,6H2,1-5H3,(H,14,15). The van der Waals surface area contributed by atoms with Crippen LogP contribution >= 0.6 is 0 Å². The van der Waals surface area contributed by atoms with Crippen molar-refractivity contribution in [1.29, 1.82) is 0 Å². The van der Waals surface area contributed by atoms with Crippen LogP contribution in [-0.4, -0.2) is 40.3 Å². The minimum Gasteiger partial charge on any atom is -0.373 e. The molecule has 20 heavy (non-hydrogen) atoms. The van der Waals surface area contributed by atoms with E-state index >= 15 is 0 Å². The van der Waals surface area contributed by atoms with Gasteiger partial charge in [-0.25, -0.2) is 4.98 Å². The van der Waals surface area contributed by atoms with Crippen LogP contribution in [0.4, 0.5) is 11.5 Å². The van der Waals surface area contributed by atoms with Crippen molar-refractivity contribution >= 4 is 17.4 Å². The van der Waals surface area contributed by atoms with Gasteiger partial charge in [-0.05, 0) is 20.3 Å². The van der Waals surface area contributed by atoms with Gasteiger partial charge >= 0.3 is 0 Å². The Kier molecular flexibility index (Phi) is 4.65. The summed E-state index contributed by atoms with van der Waals surface area (Å²) in [4.78, 5) is 28.4. The van der Waals surface area contributed by atoms with Crippen LogP contribution in [0.3, 0.4) is 0 Å². The summed E-state index contributed by atoms with van der Waals surface area (Å²) in [5, 5.41) is 13.8. The van der Waals surface area contributed by atoms with Crippen LogP contribution in [0.25, 0.3) is 0 Å². The van der Waals surface area contributed by atoms with Gasteiger partial charge in [0.05, 0.1) is 4.92 Å². The fraction of sp³-hybridized carbons (Fsp3) is 0.538. The van der Waals surface area contributed by atoms with Gasteiger partial charge in [0.25, 0.3) is 11.6 Å². The highest BCUT2D eigenvalue weighted by molar-refractivity contribution is 5.99. The third-order valence-electron chi connectivity index (χ3n) is 3.64. The molecule has 1 amide bonds. The second kappa shape index (κ2) is 5.85.